The molecular weight excluding hydrogens is 207 g/mol. The number of aldehydes is 1. The molecule has 0 aliphatic carbocycles. The standard InChI is InChI=1S/C11H15BO4/c1-7(2)8-4-9(6-13)11(16-3)10(5-8)12(14)15/h4-7,14-15H,1-3H3. The van der Waals surface area contributed by atoms with Gasteiger partial charge in [0.15, 0.2) is 6.29 Å². The molecule has 0 fully saturated rings. The van der Waals surface area contributed by atoms with E-state index in [1.807, 2.05) is 13.8 Å². The first-order valence-corrected chi connectivity index (χ1v) is 5.04. The minimum atomic E-state index is -1.65. The van der Waals surface area contributed by atoms with Gasteiger partial charge in [0.05, 0.1) is 12.7 Å². The second-order valence-corrected chi connectivity index (χ2v) is 3.88. The van der Waals surface area contributed by atoms with Crippen LogP contribution in [0.4, 0.5) is 0 Å². The van der Waals surface area contributed by atoms with E-state index in [2.05, 4.69) is 0 Å². The van der Waals surface area contributed by atoms with Gasteiger partial charge >= 0.3 is 7.12 Å². The average molecular weight is 222 g/mol. The fraction of sp³-hybridized carbons (Fsp3) is 0.364. The predicted molar refractivity (Wildman–Crippen MR) is 62.3 cm³/mol. The maximum absolute atomic E-state index is 10.9. The zero-order valence-electron chi connectivity index (χ0n) is 9.60. The molecule has 2 N–H and O–H groups in total. The Hall–Kier alpha value is -1.33. The van der Waals surface area contributed by atoms with E-state index < -0.39 is 7.12 Å². The lowest BCUT2D eigenvalue weighted by atomic mass is 9.76. The van der Waals surface area contributed by atoms with Crippen molar-refractivity contribution in [3.63, 3.8) is 0 Å². The molecule has 16 heavy (non-hydrogen) atoms. The third-order valence-corrected chi connectivity index (χ3v) is 2.44. The summed E-state index contributed by atoms with van der Waals surface area (Å²) in [5, 5.41) is 18.4. The smallest absolute Gasteiger partial charge is 0.492 e. The lowest BCUT2D eigenvalue weighted by Crippen LogP contribution is -2.32. The van der Waals surface area contributed by atoms with E-state index in [4.69, 9.17) is 4.74 Å². The minimum Gasteiger partial charge on any atom is -0.496 e. The molecular formula is C11H15BO4. The molecule has 0 aliphatic heterocycles. The van der Waals surface area contributed by atoms with Crippen LogP contribution >= 0.6 is 0 Å². The predicted octanol–water partition coefficient (Wildman–Crippen LogP) is 0.311. The van der Waals surface area contributed by atoms with Crippen LogP contribution in [-0.2, 0) is 0 Å². The summed E-state index contributed by atoms with van der Waals surface area (Å²) >= 11 is 0. The Morgan fingerprint density at radius 3 is 2.38 bits per heavy atom. The number of benzene rings is 1. The molecule has 4 nitrogen and oxygen atoms in total. The van der Waals surface area contributed by atoms with Crippen LogP contribution in [0.5, 0.6) is 5.75 Å². The van der Waals surface area contributed by atoms with E-state index in [9.17, 15) is 14.8 Å². The van der Waals surface area contributed by atoms with Crippen LogP contribution in [0.25, 0.3) is 0 Å². The largest absolute Gasteiger partial charge is 0.496 e. The van der Waals surface area contributed by atoms with Crippen molar-refractivity contribution in [2.24, 2.45) is 0 Å². The third-order valence-electron chi connectivity index (χ3n) is 2.44. The Kier molecular flexibility index (Phi) is 4.09. The molecule has 0 bridgehead atoms. The lowest BCUT2D eigenvalue weighted by Gasteiger charge is -2.14. The average Bonchev–Trinajstić information content (AvgIpc) is 2.26. The summed E-state index contributed by atoms with van der Waals surface area (Å²) in [6.45, 7) is 3.92. The highest BCUT2D eigenvalue weighted by atomic mass is 16.5. The maximum Gasteiger partial charge on any atom is 0.492 e. The first-order valence-electron chi connectivity index (χ1n) is 5.04. The Bertz CT molecular complexity index is 388. The summed E-state index contributed by atoms with van der Waals surface area (Å²) in [4.78, 5) is 10.9. The molecule has 0 saturated heterocycles. The molecule has 0 saturated carbocycles. The van der Waals surface area contributed by atoms with Crippen LogP contribution in [0.3, 0.4) is 0 Å². The van der Waals surface area contributed by atoms with Gasteiger partial charge in [-0.2, -0.15) is 0 Å². The Balaban J connectivity index is 3.43. The van der Waals surface area contributed by atoms with Crippen molar-refractivity contribution in [2.75, 3.05) is 7.11 Å². The highest BCUT2D eigenvalue weighted by Crippen LogP contribution is 2.21. The van der Waals surface area contributed by atoms with E-state index in [0.29, 0.717) is 11.8 Å². The topological polar surface area (TPSA) is 66.8 Å². The van der Waals surface area contributed by atoms with Gasteiger partial charge in [-0.3, -0.25) is 4.79 Å². The van der Waals surface area contributed by atoms with Crippen LogP contribution in [0.2, 0.25) is 0 Å². The zero-order chi connectivity index (χ0) is 12.3. The summed E-state index contributed by atoms with van der Waals surface area (Å²) in [5.74, 6) is 0.413. The summed E-state index contributed by atoms with van der Waals surface area (Å²) in [5.41, 5.74) is 1.42. The molecule has 0 spiro atoms. The quantitative estimate of drug-likeness (QED) is 0.568. The van der Waals surface area contributed by atoms with E-state index >= 15 is 0 Å². The van der Waals surface area contributed by atoms with Crippen molar-refractivity contribution in [3.8, 4) is 5.75 Å². The maximum atomic E-state index is 10.9. The SMILES string of the molecule is COc1c(C=O)cc(C(C)C)cc1B(O)O. The second-order valence-electron chi connectivity index (χ2n) is 3.88. The van der Waals surface area contributed by atoms with E-state index in [0.717, 1.165) is 5.56 Å². The number of rotatable bonds is 4. The minimum absolute atomic E-state index is 0.196. The third kappa shape index (κ3) is 2.43. The van der Waals surface area contributed by atoms with E-state index in [1.165, 1.54) is 7.11 Å². The fourth-order valence-corrected chi connectivity index (χ4v) is 1.55. The first-order chi connectivity index (χ1) is 7.51. The number of carbonyl (C=O) groups excluding carboxylic acids is 1. The van der Waals surface area contributed by atoms with Gasteiger partial charge in [-0.05, 0) is 17.5 Å². The van der Waals surface area contributed by atoms with Gasteiger partial charge < -0.3 is 14.8 Å². The molecule has 0 aromatic heterocycles. The number of ether oxygens (including phenoxy) is 1. The van der Waals surface area contributed by atoms with Crippen molar-refractivity contribution in [1.29, 1.82) is 0 Å². The van der Waals surface area contributed by atoms with Crippen molar-refractivity contribution >= 4 is 18.9 Å². The molecule has 0 radical (unpaired) electrons. The molecule has 1 aromatic carbocycles. The molecule has 1 rings (SSSR count). The number of methoxy groups -OCH3 is 1. The van der Waals surface area contributed by atoms with Gasteiger partial charge in [0.2, 0.25) is 0 Å². The zero-order valence-corrected chi connectivity index (χ0v) is 9.60. The fourth-order valence-electron chi connectivity index (χ4n) is 1.55. The van der Waals surface area contributed by atoms with E-state index in [1.54, 1.807) is 12.1 Å². The Morgan fingerprint density at radius 1 is 1.38 bits per heavy atom. The van der Waals surface area contributed by atoms with Crippen molar-refractivity contribution in [2.45, 2.75) is 19.8 Å². The van der Waals surface area contributed by atoms with Gasteiger partial charge in [-0.15, -0.1) is 0 Å². The van der Waals surface area contributed by atoms with Gasteiger partial charge in [-0.25, -0.2) is 0 Å². The van der Waals surface area contributed by atoms with Gasteiger partial charge in [0, 0.05) is 5.46 Å². The highest BCUT2D eigenvalue weighted by molar-refractivity contribution is 6.60. The molecule has 0 amide bonds. The summed E-state index contributed by atoms with van der Waals surface area (Å²) < 4.78 is 5.01. The monoisotopic (exact) mass is 222 g/mol. The Morgan fingerprint density at radius 2 is 2.00 bits per heavy atom. The van der Waals surface area contributed by atoms with Crippen LogP contribution < -0.4 is 10.2 Å². The summed E-state index contributed by atoms with van der Waals surface area (Å²) in [7, 11) is -0.254. The second kappa shape index (κ2) is 5.14. The van der Waals surface area contributed by atoms with E-state index in [-0.39, 0.29) is 17.1 Å². The molecule has 0 heterocycles. The lowest BCUT2D eigenvalue weighted by molar-refractivity contribution is 0.112. The molecule has 5 heteroatoms. The normalized spacial score (nSPS) is 10.4. The number of hydrogen-bond acceptors (Lipinski definition) is 4. The number of carbonyl (C=O) groups is 1. The number of hydrogen-bond donors (Lipinski definition) is 2. The molecule has 1 aromatic rings. The molecule has 0 aliphatic rings. The van der Waals surface area contributed by atoms with Gasteiger partial charge in [0.1, 0.15) is 5.75 Å². The van der Waals surface area contributed by atoms with Gasteiger partial charge in [-0.1, -0.05) is 19.9 Å². The summed E-state index contributed by atoms with van der Waals surface area (Å²) in [6.07, 6.45) is 0.649. The van der Waals surface area contributed by atoms with Gasteiger partial charge in [0.25, 0.3) is 0 Å². The van der Waals surface area contributed by atoms with Crippen LogP contribution in [-0.4, -0.2) is 30.6 Å². The van der Waals surface area contributed by atoms with Crippen LogP contribution in [0.1, 0.15) is 35.7 Å². The van der Waals surface area contributed by atoms with Crippen molar-refractivity contribution in [1.82, 2.24) is 0 Å². The van der Waals surface area contributed by atoms with Crippen LogP contribution in [0.15, 0.2) is 12.1 Å². The molecule has 86 valence electrons. The molecule has 0 atom stereocenters. The molecule has 0 unspecified atom stereocenters. The highest BCUT2D eigenvalue weighted by Gasteiger charge is 2.21. The Labute approximate surface area is 95.0 Å². The van der Waals surface area contributed by atoms with Crippen molar-refractivity contribution in [3.05, 3.63) is 23.3 Å². The first kappa shape index (κ1) is 12.7. The van der Waals surface area contributed by atoms with Crippen molar-refractivity contribution < 1.29 is 19.6 Å². The summed E-state index contributed by atoms with van der Waals surface area (Å²) in [6, 6.07) is 3.34. The van der Waals surface area contributed by atoms with Crippen LogP contribution in [0, 0.1) is 0 Å².